The van der Waals surface area contributed by atoms with E-state index in [9.17, 15) is 9.90 Å². The number of rotatable bonds is 4. The van der Waals surface area contributed by atoms with E-state index in [1.807, 2.05) is 35.7 Å². The Labute approximate surface area is 132 Å². The highest BCUT2D eigenvalue weighted by atomic mass is 32.1. The molecule has 3 rings (SSSR count). The minimum Gasteiger partial charge on any atom is -0.387 e. The van der Waals surface area contributed by atoms with E-state index in [1.54, 1.807) is 0 Å². The maximum Gasteiger partial charge on any atom is 0.271 e. The molecule has 0 amide bonds. The lowest BCUT2D eigenvalue weighted by Gasteiger charge is -2.14. The van der Waals surface area contributed by atoms with Crippen molar-refractivity contribution in [3.63, 3.8) is 0 Å². The number of aliphatic hydroxyl groups excluding tert-OH is 1. The first kappa shape index (κ1) is 14.9. The van der Waals surface area contributed by atoms with Gasteiger partial charge in [-0.1, -0.05) is 38.1 Å². The van der Waals surface area contributed by atoms with Crippen LogP contribution in [0.2, 0.25) is 0 Å². The molecule has 4 nitrogen and oxygen atoms in total. The summed E-state index contributed by atoms with van der Waals surface area (Å²) in [5.41, 5.74) is 2.65. The van der Waals surface area contributed by atoms with Crippen molar-refractivity contribution >= 4 is 21.6 Å². The summed E-state index contributed by atoms with van der Waals surface area (Å²) in [7, 11) is 0. The Hall–Kier alpha value is -1.98. The Kier molecular flexibility index (Phi) is 4.09. The fourth-order valence-electron chi connectivity index (χ4n) is 2.40. The topological polar surface area (TPSA) is 55.1 Å². The van der Waals surface area contributed by atoms with Gasteiger partial charge in [-0.2, -0.15) is 0 Å². The Balaban J connectivity index is 1.84. The van der Waals surface area contributed by atoms with Crippen molar-refractivity contribution < 1.29 is 5.11 Å². The van der Waals surface area contributed by atoms with Crippen LogP contribution in [0, 0.1) is 0 Å². The van der Waals surface area contributed by atoms with Gasteiger partial charge in [0.1, 0.15) is 4.70 Å². The van der Waals surface area contributed by atoms with Gasteiger partial charge in [0.05, 0.1) is 24.5 Å². The zero-order chi connectivity index (χ0) is 15.7. The standard InChI is InChI=1S/C17H18N2O2S/c1-11(2)12-3-5-13(6-4-12)15(20)9-19-10-18-14-7-8-22-16(14)17(19)21/h3-8,10-11,15,20H,9H2,1-2H3/t15-/m0/s1. The summed E-state index contributed by atoms with van der Waals surface area (Å²) in [4.78, 5) is 16.6. The number of aliphatic hydroxyl groups is 1. The van der Waals surface area contributed by atoms with Crippen molar-refractivity contribution in [2.75, 3.05) is 0 Å². The molecular formula is C17H18N2O2S. The van der Waals surface area contributed by atoms with Gasteiger partial charge < -0.3 is 5.11 Å². The maximum absolute atomic E-state index is 12.3. The minimum atomic E-state index is -0.724. The van der Waals surface area contributed by atoms with Crippen LogP contribution in [-0.4, -0.2) is 14.7 Å². The van der Waals surface area contributed by atoms with E-state index in [0.717, 1.165) is 5.56 Å². The molecule has 114 valence electrons. The van der Waals surface area contributed by atoms with Gasteiger partial charge in [-0.15, -0.1) is 11.3 Å². The van der Waals surface area contributed by atoms with E-state index in [2.05, 4.69) is 18.8 Å². The van der Waals surface area contributed by atoms with Crippen molar-refractivity contribution in [3.05, 3.63) is 63.5 Å². The summed E-state index contributed by atoms with van der Waals surface area (Å²) < 4.78 is 2.10. The Bertz CT molecular complexity index is 834. The average molecular weight is 314 g/mol. The van der Waals surface area contributed by atoms with E-state index in [1.165, 1.54) is 27.8 Å². The van der Waals surface area contributed by atoms with Crippen molar-refractivity contribution in [3.8, 4) is 0 Å². The van der Waals surface area contributed by atoms with Gasteiger partial charge in [0, 0.05) is 0 Å². The molecule has 1 atom stereocenters. The monoisotopic (exact) mass is 314 g/mol. The molecule has 5 heteroatoms. The summed E-state index contributed by atoms with van der Waals surface area (Å²) in [6.07, 6.45) is 0.779. The third-order valence-corrected chi connectivity index (χ3v) is 4.68. The normalized spacial score (nSPS) is 12.9. The molecule has 1 N–H and O–H groups in total. The highest BCUT2D eigenvalue weighted by Crippen LogP contribution is 2.20. The van der Waals surface area contributed by atoms with Crippen LogP contribution in [0.5, 0.6) is 0 Å². The fraction of sp³-hybridized carbons (Fsp3) is 0.294. The van der Waals surface area contributed by atoms with Crippen molar-refractivity contribution in [1.82, 2.24) is 9.55 Å². The zero-order valence-corrected chi connectivity index (χ0v) is 13.4. The third-order valence-electron chi connectivity index (χ3n) is 3.79. The SMILES string of the molecule is CC(C)c1ccc([C@@H](O)Cn2cnc3ccsc3c2=O)cc1. The first-order chi connectivity index (χ1) is 10.6. The lowest BCUT2D eigenvalue weighted by Crippen LogP contribution is -2.23. The van der Waals surface area contributed by atoms with E-state index >= 15 is 0 Å². The zero-order valence-electron chi connectivity index (χ0n) is 12.6. The van der Waals surface area contributed by atoms with E-state index in [-0.39, 0.29) is 12.1 Å². The molecule has 2 aromatic heterocycles. The fourth-order valence-corrected chi connectivity index (χ4v) is 3.20. The Morgan fingerprint density at radius 2 is 1.86 bits per heavy atom. The molecule has 0 fully saturated rings. The van der Waals surface area contributed by atoms with Crippen molar-refractivity contribution in [2.45, 2.75) is 32.4 Å². The number of aromatic nitrogens is 2. The van der Waals surface area contributed by atoms with Crippen LogP contribution in [0.15, 0.2) is 46.8 Å². The van der Waals surface area contributed by atoms with Gasteiger partial charge in [-0.25, -0.2) is 4.98 Å². The second-order valence-electron chi connectivity index (χ2n) is 5.67. The van der Waals surface area contributed by atoms with Crippen LogP contribution in [0.1, 0.15) is 37.0 Å². The molecule has 1 aromatic carbocycles. The summed E-state index contributed by atoms with van der Waals surface area (Å²) in [6.45, 7) is 4.47. The van der Waals surface area contributed by atoms with E-state index in [4.69, 9.17) is 0 Å². The van der Waals surface area contributed by atoms with Crippen molar-refractivity contribution in [2.24, 2.45) is 0 Å². The quantitative estimate of drug-likeness (QED) is 0.804. The molecule has 0 aliphatic rings. The first-order valence-electron chi connectivity index (χ1n) is 7.27. The molecule has 0 spiro atoms. The van der Waals surface area contributed by atoms with Gasteiger partial charge in [0.2, 0.25) is 0 Å². The molecule has 2 heterocycles. The summed E-state index contributed by atoms with van der Waals surface area (Å²) in [5.74, 6) is 0.458. The lowest BCUT2D eigenvalue weighted by molar-refractivity contribution is 0.155. The number of nitrogens with zero attached hydrogens (tertiary/aromatic N) is 2. The van der Waals surface area contributed by atoms with Crippen LogP contribution in [0.3, 0.4) is 0 Å². The highest BCUT2D eigenvalue weighted by molar-refractivity contribution is 7.17. The Morgan fingerprint density at radius 1 is 1.18 bits per heavy atom. The summed E-state index contributed by atoms with van der Waals surface area (Å²) in [5, 5.41) is 12.2. The summed E-state index contributed by atoms with van der Waals surface area (Å²) in [6, 6.07) is 9.70. The number of hydrogen-bond acceptors (Lipinski definition) is 4. The number of benzene rings is 1. The molecular weight excluding hydrogens is 296 g/mol. The second-order valence-corrected chi connectivity index (χ2v) is 6.59. The molecule has 0 unspecified atom stereocenters. The second kappa shape index (κ2) is 6.02. The molecule has 0 aliphatic heterocycles. The predicted octanol–water partition coefficient (Wildman–Crippen LogP) is 3.32. The van der Waals surface area contributed by atoms with Gasteiger partial charge >= 0.3 is 0 Å². The van der Waals surface area contributed by atoms with Gasteiger partial charge in [-0.05, 0) is 28.5 Å². The summed E-state index contributed by atoms with van der Waals surface area (Å²) >= 11 is 1.38. The average Bonchev–Trinajstić information content (AvgIpc) is 2.99. The van der Waals surface area contributed by atoms with Gasteiger partial charge in [-0.3, -0.25) is 9.36 Å². The number of fused-ring (bicyclic) bond motifs is 1. The van der Waals surface area contributed by atoms with Crippen LogP contribution in [-0.2, 0) is 6.54 Å². The molecule has 0 saturated heterocycles. The molecule has 3 aromatic rings. The van der Waals surface area contributed by atoms with Crippen LogP contribution in [0.25, 0.3) is 10.2 Å². The van der Waals surface area contributed by atoms with Crippen molar-refractivity contribution in [1.29, 1.82) is 0 Å². The number of thiophene rings is 1. The van der Waals surface area contributed by atoms with Gasteiger partial charge in [0.25, 0.3) is 5.56 Å². The molecule has 22 heavy (non-hydrogen) atoms. The lowest BCUT2D eigenvalue weighted by atomic mass is 10.00. The Morgan fingerprint density at radius 3 is 2.55 bits per heavy atom. The first-order valence-corrected chi connectivity index (χ1v) is 8.15. The minimum absolute atomic E-state index is 0.0992. The van der Waals surface area contributed by atoms with Gasteiger partial charge in [0.15, 0.2) is 0 Å². The number of hydrogen-bond donors (Lipinski definition) is 1. The van der Waals surface area contributed by atoms with Crippen LogP contribution >= 0.6 is 11.3 Å². The molecule has 0 bridgehead atoms. The smallest absolute Gasteiger partial charge is 0.271 e. The van der Waals surface area contributed by atoms with E-state index in [0.29, 0.717) is 16.1 Å². The molecule has 0 radical (unpaired) electrons. The van der Waals surface area contributed by atoms with E-state index < -0.39 is 6.10 Å². The third kappa shape index (κ3) is 2.82. The molecule has 0 aliphatic carbocycles. The molecule has 0 saturated carbocycles. The highest BCUT2D eigenvalue weighted by Gasteiger charge is 2.12. The predicted molar refractivity (Wildman–Crippen MR) is 89.4 cm³/mol. The maximum atomic E-state index is 12.3. The largest absolute Gasteiger partial charge is 0.387 e. The van der Waals surface area contributed by atoms with Crippen LogP contribution in [0.4, 0.5) is 0 Å². The van der Waals surface area contributed by atoms with Crippen LogP contribution < -0.4 is 5.56 Å².